The van der Waals surface area contributed by atoms with Gasteiger partial charge >= 0.3 is 5.97 Å². The number of fused-ring (bicyclic) bond motifs is 3. The molecule has 1 aliphatic carbocycles. The first-order chi connectivity index (χ1) is 11.8. The van der Waals surface area contributed by atoms with E-state index in [-0.39, 0.29) is 17.9 Å². The van der Waals surface area contributed by atoms with Crippen LogP contribution in [0.2, 0.25) is 0 Å². The van der Waals surface area contributed by atoms with Crippen molar-refractivity contribution in [1.82, 2.24) is 9.88 Å². The minimum absolute atomic E-state index is 0.00308. The van der Waals surface area contributed by atoms with Crippen LogP contribution in [0.4, 0.5) is 0 Å². The van der Waals surface area contributed by atoms with Gasteiger partial charge in [0.15, 0.2) is 0 Å². The second kappa shape index (κ2) is 6.44. The summed E-state index contributed by atoms with van der Waals surface area (Å²) in [4.78, 5) is 18.1. The van der Waals surface area contributed by atoms with Gasteiger partial charge in [-0.25, -0.2) is 0 Å². The molecule has 0 amide bonds. The van der Waals surface area contributed by atoms with Crippen molar-refractivity contribution in [3.63, 3.8) is 0 Å². The Morgan fingerprint density at radius 3 is 3.04 bits per heavy atom. The van der Waals surface area contributed by atoms with Crippen molar-refractivity contribution in [2.45, 2.75) is 25.8 Å². The molecule has 2 bridgehead atoms. The van der Waals surface area contributed by atoms with Gasteiger partial charge < -0.3 is 9.72 Å². The summed E-state index contributed by atoms with van der Waals surface area (Å²) >= 11 is 0. The number of carbonyl (C=O) groups excluding carboxylic acids is 1. The summed E-state index contributed by atoms with van der Waals surface area (Å²) in [6, 6.07) is 8.62. The van der Waals surface area contributed by atoms with Gasteiger partial charge in [0, 0.05) is 36.2 Å². The number of aromatic nitrogens is 1. The zero-order valence-electron chi connectivity index (χ0n) is 14.1. The highest BCUT2D eigenvalue weighted by molar-refractivity contribution is 5.83. The second-order valence-corrected chi connectivity index (χ2v) is 6.83. The van der Waals surface area contributed by atoms with Crippen LogP contribution in [0.3, 0.4) is 0 Å². The number of carbonyl (C=O) groups is 1. The van der Waals surface area contributed by atoms with E-state index in [1.807, 2.05) is 6.92 Å². The summed E-state index contributed by atoms with van der Waals surface area (Å²) in [5.41, 5.74) is 2.54. The number of piperidine rings is 1. The maximum atomic E-state index is 12.3. The molecule has 4 heteroatoms. The number of aromatic amines is 1. The molecule has 1 saturated heterocycles. The van der Waals surface area contributed by atoms with Crippen LogP contribution in [-0.2, 0) is 16.0 Å². The molecule has 5 rings (SSSR count). The number of esters is 1. The number of hydrogen-bond acceptors (Lipinski definition) is 3. The van der Waals surface area contributed by atoms with Crippen LogP contribution in [-0.4, -0.2) is 41.6 Å². The Bertz CT molecular complexity index is 764. The van der Waals surface area contributed by atoms with Crippen molar-refractivity contribution in [1.29, 1.82) is 0 Å². The lowest BCUT2D eigenvalue weighted by molar-refractivity contribution is -0.152. The summed E-state index contributed by atoms with van der Waals surface area (Å²) < 4.78 is 5.29. The zero-order chi connectivity index (χ0) is 16.5. The maximum absolute atomic E-state index is 12.3. The van der Waals surface area contributed by atoms with E-state index in [4.69, 9.17) is 4.74 Å². The molecule has 3 aliphatic rings. The lowest BCUT2D eigenvalue weighted by Gasteiger charge is -2.45. The molecule has 1 N–H and O–H groups in total. The Balaban J connectivity index is 1.47. The molecule has 0 spiro atoms. The number of benzene rings is 1. The van der Waals surface area contributed by atoms with Crippen LogP contribution in [0.15, 0.2) is 42.6 Å². The van der Waals surface area contributed by atoms with Crippen molar-refractivity contribution >= 4 is 16.9 Å². The molecule has 2 aromatic rings. The zero-order valence-corrected chi connectivity index (χ0v) is 14.1. The van der Waals surface area contributed by atoms with E-state index >= 15 is 0 Å². The van der Waals surface area contributed by atoms with E-state index in [0.717, 1.165) is 25.9 Å². The lowest BCUT2D eigenvalue weighted by atomic mass is 9.77. The summed E-state index contributed by atoms with van der Waals surface area (Å²) in [7, 11) is 0. The lowest BCUT2D eigenvalue weighted by Crippen LogP contribution is -2.53. The van der Waals surface area contributed by atoms with Crippen LogP contribution in [0, 0.1) is 11.8 Å². The Morgan fingerprint density at radius 1 is 1.33 bits per heavy atom. The van der Waals surface area contributed by atoms with Crippen molar-refractivity contribution in [2.75, 3.05) is 19.7 Å². The van der Waals surface area contributed by atoms with E-state index in [9.17, 15) is 4.79 Å². The number of nitrogens with zero attached hydrogens (tertiary/aromatic N) is 1. The van der Waals surface area contributed by atoms with E-state index < -0.39 is 0 Å². The molecule has 2 aliphatic heterocycles. The number of H-pyrrole nitrogens is 1. The van der Waals surface area contributed by atoms with Crippen molar-refractivity contribution in [2.24, 2.45) is 11.8 Å². The fraction of sp³-hybridized carbons (Fsp3) is 0.450. The van der Waals surface area contributed by atoms with Gasteiger partial charge in [-0.3, -0.25) is 9.69 Å². The topological polar surface area (TPSA) is 45.3 Å². The van der Waals surface area contributed by atoms with E-state index in [1.54, 1.807) is 0 Å². The normalized spacial score (nSPS) is 26.1. The van der Waals surface area contributed by atoms with Crippen LogP contribution in [0.25, 0.3) is 10.9 Å². The Hall–Kier alpha value is -2.07. The Labute approximate surface area is 142 Å². The van der Waals surface area contributed by atoms with E-state index in [1.165, 1.54) is 16.5 Å². The molecule has 0 radical (unpaired) electrons. The van der Waals surface area contributed by atoms with E-state index in [0.29, 0.717) is 12.5 Å². The highest BCUT2D eigenvalue weighted by atomic mass is 16.5. The van der Waals surface area contributed by atoms with Crippen LogP contribution >= 0.6 is 0 Å². The average molecular weight is 324 g/mol. The first-order valence-corrected chi connectivity index (χ1v) is 8.90. The molecule has 3 unspecified atom stereocenters. The maximum Gasteiger partial charge on any atom is 0.310 e. The highest BCUT2D eigenvalue weighted by Crippen LogP contribution is 2.35. The molecule has 4 nitrogen and oxygen atoms in total. The van der Waals surface area contributed by atoms with Gasteiger partial charge in [0.2, 0.25) is 0 Å². The Kier molecular flexibility index (Phi) is 4.15. The Morgan fingerprint density at radius 2 is 2.21 bits per heavy atom. The van der Waals surface area contributed by atoms with Gasteiger partial charge in [0.25, 0.3) is 0 Å². The second-order valence-electron chi connectivity index (χ2n) is 6.83. The largest absolute Gasteiger partial charge is 0.466 e. The molecule has 24 heavy (non-hydrogen) atoms. The van der Waals surface area contributed by atoms with Crippen LogP contribution in [0.1, 0.15) is 18.9 Å². The number of rotatable bonds is 5. The van der Waals surface area contributed by atoms with Crippen molar-refractivity contribution in [3.05, 3.63) is 48.2 Å². The van der Waals surface area contributed by atoms with Gasteiger partial charge in [0.1, 0.15) is 0 Å². The third-order valence-electron chi connectivity index (χ3n) is 5.37. The van der Waals surface area contributed by atoms with Gasteiger partial charge in [0.05, 0.1) is 12.5 Å². The molecule has 126 valence electrons. The number of hydrogen-bond donors (Lipinski definition) is 1. The van der Waals surface area contributed by atoms with Crippen LogP contribution in [0.5, 0.6) is 0 Å². The first kappa shape index (κ1) is 15.5. The van der Waals surface area contributed by atoms with Gasteiger partial charge in [-0.15, -0.1) is 0 Å². The van der Waals surface area contributed by atoms with Gasteiger partial charge in [-0.2, -0.15) is 0 Å². The number of ether oxygens (including phenoxy) is 1. The average Bonchev–Trinajstić information content (AvgIpc) is 3.04. The van der Waals surface area contributed by atoms with Crippen molar-refractivity contribution < 1.29 is 9.53 Å². The molecule has 3 heterocycles. The predicted octanol–water partition coefficient (Wildman–Crippen LogP) is 3.15. The summed E-state index contributed by atoms with van der Waals surface area (Å²) in [6.07, 6.45) is 8.54. The van der Waals surface area contributed by atoms with Crippen molar-refractivity contribution in [3.8, 4) is 0 Å². The molecular formula is C20H24N2O2. The predicted molar refractivity (Wildman–Crippen MR) is 94.7 cm³/mol. The summed E-state index contributed by atoms with van der Waals surface area (Å²) in [6.45, 7) is 4.37. The highest BCUT2D eigenvalue weighted by Gasteiger charge is 2.41. The van der Waals surface area contributed by atoms with E-state index in [2.05, 4.69) is 52.5 Å². The number of para-hydroxylation sites is 1. The smallest absolute Gasteiger partial charge is 0.310 e. The number of nitrogens with one attached hydrogen (secondary N) is 1. The fourth-order valence-corrected chi connectivity index (χ4v) is 4.21. The van der Waals surface area contributed by atoms with Gasteiger partial charge in [-0.05, 0) is 37.3 Å². The van der Waals surface area contributed by atoms with Gasteiger partial charge in [-0.1, -0.05) is 30.4 Å². The molecule has 1 aromatic carbocycles. The summed E-state index contributed by atoms with van der Waals surface area (Å²) in [5.74, 6) is 0.442. The quantitative estimate of drug-likeness (QED) is 0.679. The molecule has 3 atom stereocenters. The first-order valence-electron chi connectivity index (χ1n) is 8.90. The molecular weight excluding hydrogens is 300 g/mol. The monoisotopic (exact) mass is 324 g/mol. The fourth-order valence-electron chi connectivity index (χ4n) is 4.21. The summed E-state index contributed by atoms with van der Waals surface area (Å²) in [5, 5.41) is 1.30. The minimum Gasteiger partial charge on any atom is -0.466 e. The molecule has 1 fully saturated rings. The molecule has 0 saturated carbocycles. The minimum atomic E-state index is -0.0337. The third-order valence-corrected chi connectivity index (χ3v) is 5.37. The van der Waals surface area contributed by atoms with Crippen LogP contribution < -0.4 is 0 Å². The molecule has 1 aromatic heterocycles. The SMILES string of the molecule is CCOC(=O)C1CC2C=CC1N(CCc1c[nH]c3ccccc13)C2. The standard InChI is InChI=1S/C20H24N2O2/c1-2-24-20(23)17-11-14-7-8-19(17)22(13-14)10-9-15-12-21-18-6-4-3-5-16(15)18/h3-8,12,14,17,19,21H,2,9-11,13H2,1H3. The third kappa shape index (κ3) is 2.75.